The van der Waals surface area contributed by atoms with E-state index in [2.05, 4.69) is 17.9 Å². The number of rotatable bonds is 4. The van der Waals surface area contributed by atoms with Crippen molar-refractivity contribution in [1.82, 2.24) is 0 Å². The molecule has 0 fully saturated rings. The summed E-state index contributed by atoms with van der Waals surface area (Å²) in [6.45, 7) is 2.08. The van der Waals surface area contributed by atoms with Crippen LogP contribution in [-0.2, 0) is 28.4 Å². The van der Waals surface area contributed by atoms with Gasteiger partial charge in [0, 0.05) is 17.1 Å². The predicted molar refractivity (Wildman–Crippen MR) is 51.9 cm³/mol. The SMILES string of the molecule is CCCCc1[c-]cccc1C(=O)OO.[Fe]. The molecule has 1 aromatic rings. The van der Waals surface area contributed by atoms with Crippen LogP contribution in [0.5, 0.6) is 0 Å². The number of hydrogen-bond donors (Lipinski definition) is 1. The molecular weight excluding hydrogens is 236 g/mol. The zero-order valence-electron chi connectivity index (χ0n) is 8.47. The van der Waals surface area contributed by atoms with Gasteiger partial charge in [-0.15, -0.1) is 5.56 Å². The van der Waals surface area contributed by atoms with E-state index < -0.39 is 5.97 Å². The topological polar surface area (TPSA) is 46.5 Å². The summed E-state index contributed by atoms with van der Waals surface area (Å²) in [4.78, 5) is 14.8. The van der Waals surface area contributed by atoms with E-state index in [1.165, 1.54) is 0 Å². The van der Waals surface area contributed by atoms with Gasteiger partial charge in [-0.1, -0.05) is 26.2 Å². The molecule has 0 saturated heterocycles. The van der Waals surface area contributed by atoms with Crippen LogP contribution >= 0.6 is 0 Å². The molecule has 0 saturated carbocycles. The van der Waals surface area contributed by atoms with Crippen LogP contribution in [0.1, 0.15) is 35.7 Å². The van der Waals surface area contributed by atoms with E-state index in [-0.39, 0.29) is 17.1 Å². The fourth-order valence-electron chi connectivity index (χ4n) is 1.27. The Bertz CT molecular complexity index is 312. The number of carbonyl (C=O) groups excluding carboxylic acids is 1. The van der Waals surface area contributed by atoms with Crippen molar-refractivity contribution in [2.45, 2.75) is 26.2 Å². The summed E-state index contributed by atoms with van der Waals surface area (Å²) < 4.78 is 0. The third-order valence-electron chi connectivity index (χ3n) is 2.02. The van der Waals surface area contributed by atoms with Gasteiger partial charge in [0.25, 0.3) is 0 Å². The van der Waals surface area contributed by atoms with E-state index >= 15 is 0 Å². The number of aryl methyl sites for hydroxylation is 1. The monoisotopic (exact) mass is 249 g/mol. The van der Waals surface area contributed by atoms with Gasteiger partial charge in [-0.2, -0.15) is 24.3 Å². The van der Waals surface area contributed by atoms with Crippen LogP contribution in [-0.4, -0.2) is 11.2 Å². The molecule has 84 valence electrons. The quantitative estimate of drug-likeness (QED) is 0.386. The van der Waals surface area contributed by atoms with Gasteiger partial charge in [0.15, 0.2) is 0 Å². The maximum atomic E-state index is 11.1. The molecule has 0 aliphatic rings. The predicted octanol–water partition coefficient (Wildman–Crippen LogP) is 2.46. The summed E-state index contributed by atoms with van der Waals surface area (Å²) in [6.07, 6.45) is 2.82. The first kappa shape index (κ1) is 14.2. The Kier molecular flexibility index (Phi) is 7.05. The van der Waals surface area contributed by atoms with Gasteiger partial charge in [-0.05, 0) is 5.56 Å². The van der Waals surface area contributed by atoms with Gasteiger partial charge in [0.2, 0.25) is 0 Å². The van der Waals surface area contributed by atoms with E-state index in [1.54, 1.807) is 18.2 Å². The van der Waals surface area contributed by atoms with Gasteiger partial charge < -0.3 is 4.89 Å². The first-order valence-electron chi connectivity index (χ1n) is 4.65. The number of unbranched alkanes of at least 4 members (excludes halogenated alkanes) is 1. The second-order valence-corrected chi connectivity index (χ2v) is 3.04. The van der Waals surface area contributed by atoms with Gasteiger partial charge in [0.1, 0.15) is 0 Å². The number of hydrogen-bond acceptors (Lipinski definition) is 3. The molecular formula is C11H13FeO3-. The molecule has 0 spiro atoms. The van der Waals surface area contributed by atoms with Crippen LogP contribution in [0, 0.1) is 6.07 Å². The van der Waals surface area contributed by atoms with E-state index in [4.69, 9.17) is 5.26 Å². The molecule has 0 radical (unpaired) electrons. The minimum atomic E-state index is -0.715. The summed E-state index contributed by atoms with van der Waals surface area (Å²) in [5.74, 6) is -0.715. The summed E-state index contributed by atoms with van der Waals surface area (Å²) >= 11 is 0. The first-order valence-corrected chi connectivity index (χ1v) is 4.65. The first-order chi connectivity index (χ1) is 6.79. The molecule has 3 nitrogen and oxygen atoms in total. The Morgan fingerprint density at radius 3 is 2.93 bits per heavy atom. The van der Waals surface area contributed by atoms with Crippen LogP contribution in [0.2, 0.25) is 0 Å². The Hall–Kier alpha value is -0.831. The van der Waals surface area contributed by atoms with E-state index in [0.717, 1.165) is 24.8 Å². The van der Waals surface area contributed by atoms with Crippen molar-refractivity contribution in [1.29, 1.82) is 0 Å². The molecule has 0 aliphatic carbocycles. The minimum Gasteiger partial charge on any atom is -0.310 e. The average Bonchev–Trinajstić information content (AvgIpc) is 2.25. The Balaban J connectivity index is 0.00000196. The van der Waals surface area contributed by atoms with Gasteiger partial charge in [-0.3, -0.25) is 4.79 Å². The molecule has 1 rings (SSSR count). The molecule has 0 atom stereocenters. The van der Waals surface area contributed by atoms with Crippen LogP contribution in [0.25, 0.3) is 0 Å². The molecule has 0 bridgehead atoms. The van der Waals surface area contributed by atoms with E-state index in [0.29, 0.717) is 5.56 Å². The molecule has 0 aromatic heterocycles. The normalized spacial score (nSPS) is 9.20. The van der Waals surface area contributed by atoms with Crippen LogP contribution in [0.4, 0.5) is 0 Å². The summed E-state index contributed by atoms with van der Waals surface area (Å²) in [7, 11) is 0. The molecule has 1 N–H and O–H groups in total. The molecule has 0 unspecified atom stereocenters. The minimum absolute atomic E-state index is 0. The fourth-order valence-corrected chi connectivity index (χ4v) is 1.27. The zero-order valence-corrected chi connectivity index (χ0v) is 9.57. The standard InChI is InChI=1S/C11H13O3.Fe/c1-2-3-6-9-7-4-5-8-10(9)11(12)14-13;/h4-5,8,13H,2-3,6H2,1H3;/q-1;. The summed E-state index contributed by atoms with van der Waals surface area (Å²) in [6, 6.07) is 8.05. The van der Waals surface area contributed by atoms with Crippen LogP contribution in [0.15, 0.2) is 18.2 Å². The zero-order chi connectivity index (χ0) is 10.4. The molecule has 0 amide bonds. The Labute approximate surface area is 99.9 Å². The van der Waals surface area contributed by atoms with Crippen molar-refractivity contribution in [3.63, 3.8) is 0 Å². The Morgan fingerprint density at radius 1 is 1.60 bits per heavy atom. The average molecular weight is 249 g/mol. The van der Waals surface area contributed by atoms with Crippen molar-refractivity contribution in [2.24, 2.45) is 0 Å². The molecule has 0 heterocycles. The third-order valence-corrected chi connectivity index (χ3v) is 2.02. The third kappa shape index (κ3) is 4.04. The molecule has 0 aliphatic heterocycles. The van der Waals surface area contributed by atoms with E-state index in [1.807, 2.05) is 0 Å². The molecule has 4 heteroatoms. The number of carbonyl (C=O) groups is 1. The summed E-state index contributed by atoms with van der Waals surface area (Å²) in [5, 5.41) is 8.27. The van der Waals surface area contributed by atoms with Crippen molar-refractivity contribution < 1.29 is 32.0 Å². The van der Waals surface area contributed by atoms with Crippen molar-refractivity contribution in [3.05, 3.63) is 35.4 Å². The largest absolute Gasteiger partial charge is 0.320 e. The van der Waals surface area contributed by atoms with Crippen molar-refractivity contribution in [3.8, 4) is 0 Å². The fraction of sp³-hybridized carbons (Fsp3) is 0.364. The molecule has 1 aromatic carbocycles. The Morgan fingerprint density at radius 2 is 2.33 bits per heavy atom. The van der Waals surface area contributed by atoms with Crippen LogP contribution < -0.4 is 0 Å². The smallest absolute Gasteiger partial charge is 0.310 e. The van der Waals surface area contributed by atoms with Crippen LogP contribution in [0.3, 0.4) is 0 Å². The summed E-state index contributed by atoms with van der Waals surface area (Å²) in [5.41, 5.74) is 1.19. The van der Waals surface area contributed by atoms with Gasteiger partial charge >= 0.3 is 5.97 Å². The van der Waals surface area contributed by atoms with Gasteiger partial charge in [0.05, 0.1) is 0 Å². The molecule has 15 heavy (non-hydrogen) atoms. The van der Waals surface area contributed by atoms with E-state index in [9.17, 15) is 4.79 Å². The number of benzene rings is 1. The van der Waals surface area contributed by atoms with Gasteiger partial charge in [-0.25, -0.2) is 5.26 Å². The maximum Gasteiger partial charge on any atom is 0.320 e. The maximum absolute atomic E-state index is 11.1. The second-order valence-electron chi connectivity index (χ2n) is 3.04. The van der Waals surface area contributed by atoms with Crippen molar-refractivity contribution >= 4 is 5.97 Å². The second kappa shape index (κ2) is 7.46. The van der Waals surface area contributed by atoms with Crippen molar-refractivity contribution in [2.75, 3.05) is 0 Å².